The summed E-state index contributed by atoms with van der Waals surface area (Å²) < 4.78 is 0. The van der Waals surface area contributed by atoms with Crippen molar-refractivity contribution >= 4 is 11.3 Å². The maximum atomic E-state index is 10.9. The monoisotopic (exact) mass is 242 g/mol. The first-order chi connectivity index (χ1) is 8.63. The lowest BCUT2D eigenvalue weighted by Crippen LogP contribution is -1.99. The standard InChI is InChI=1S/C14H14N2O2/c1-10-7-13(11-5-3-2-4-6-11)12(9-15)8-14(10)16(17)18/h5,7-8H,2-4,6H2,1H3. The third kappa shape index (κ3) is 2.25. The van der Waals surface area contributed by atoms with Crippen molar-refractivity contribution in [2.24, 2.45) is 0 Å². The summed E-state index contributed by atoms with van der Waals surface area (Å²) in [5, 5.41) is 20.0. The molecule has 1 aromatic rings. The van der Waals surface area contributed by atoms with Gasteiger partial charge in [-0.05, 0) is 49.8 Å². The van der Waals surface area contributed by atoms with Crippen molar-refractivity contribution in [2.75, 3.05) is 0 Å². The first-order valence-corrected chi connectivity index (χ1v) is 6.02. The van der Waals surface area contributed by atoms with Gasteiger partial charge in [0, 0.05) is 11.6 Å². The number of hydrogen-bond acceptors (Lipinski definition) is 3. The van der Waals surface area contributed by atoms with E-state index >= 15 is 0 Å². The maximum absolute atomic E-state index is 10.9. The molecule has 0 bridgehead atoms. The molecule has 0 fully saturated rings. The highest BCUT2D eigenvalue weighted by molar-refractivity contribution is 5.73. The summed E-state index contributed by atoms with van der Waals surface area (Å²) in [6.45, 7) is 1.71. The van der Waals surface area contributed by atoms with Crippen LogP contribution < -0.4 is 0 Å². The first kappa shape index (κ1) is 12.3. The Morgan fingerprint density at radius 3 is 2.72 bits per heavy atom. The number of nitro groups is 1. The van der Waals surface area contributed by atoms with E-state index in [2.05, 4.69) is 12.1 Å². The van der Waals surface area contributed by atoms with Gasteiger partial charge in [-0.1, -0.05) is 6.08 Å². The van der Waals surface area contributed by atoms with Gasteiger partial charge in [0.2, 0.25) is 0 Å². The Kier molecular flexibility index (Phi) is 3.42. The van der Waals surface area contributed by atoms with Crippen molar-refractivity contribution in [3.05, 3.63) is 45.0 Å². The van der Waals surface area contributed by atoms with Crippen molar-refractivity contribution in [3.63, 3.8) is 0 Å². The van der Waals surface area contributed by atoms with Gasteiger partial charge in [0.1, 0.15) is 6.07 Å². The molecule has 92 valence electrons. The van der Waals surface area contributed by atoms with E-state index in [1.807, 2.05) is 0 Å². The largest absolute Gasteiger partial charge is 0.273 e. The summed E-state index contributed by atoms with van der Waals surface area (Å²) in [4.78, 5) is 10.4. The Labute approximate surface area is 106 Å². The van der Waals surface area contributed by atoms with Gasteiger partial charge in [0.15, 0.2) is 0 Å². The molecule has 0 N–H and O–H groups in total. The SMILES string of the molecule is Cc1cc(C2=CCCCC2)c(C#N)cc1[N+](=O)[O-]. The number of allylic oxidation sites excluding steroid dienone is 2. The average Bonchev–Trinajstić information content (AvgIpc) is 2.39. The highest BCUT2D eigenvalue weighted by Gasteiger charge is 2.18. The summed E-state index contributed by atoms with van der Waals surface area (Å²) in [5.74, 6) is 0. The molecule has 0 aromatic heterocycles. The Bertz CT molecular complexity index is 568. The van der Waals surface area contributed by atoms with Crippen molar-refractivity contribution in [1.82, 2.24) is 0 Å². The van der Waals surface area contributed by atoms with E-state index in [4.69, 9.17) is 5.26 Å². The van der Waals surface area contributed by atoms with Crippen LogP contribution >= 0.6 is 0 Å². The summed E-state index contributed by atoms with van der Waals surface area (Å²) in [6.07, 6.45) is 6.41. The molecule has 4 nitrogen and oxygen atoms in total. The molecule has 0 saturated heterocycles. The summed E-state index contributed by atoms with van der Waals surface area (Å²) in [5.41, 5.74) is 3.05. The van der Waals surface area contributed by atoms with Gasteiger partial charge in [0.25, 0.3) is 5.69 Å². The lowest BCUT2D eigenvalue weighted by molar-refractivity contribution is -0.385. The Hall–Kier alpha value is -2.15. The Morgan fingerprint density at radius 2 is 2.17 bits per heavy atom. The van der Waals surface area contributed by atoms with Crippen molar-refractivity contribution in [3.8, 4) is 6.07 Å². The van der Waals surface area contributed by atoms with E-state index in [0.717, 1.165) is 30.4 Å². The molecule has 0 heterocycles. The molecule has 0 radical (unpaired) electrons. The molecule has 0 aliphatic heterocycles. The molecule has 1 aliphatic rings. The second kappa shape index (κ2) is 5.01. The van der Waals surface area contributed by atoms with E-state index in [1.165, 1.54) is 12.5 Å². The highest BCUT2D eigenvalue weighted by Crippen LogP contribution is 2.32. The fraction of sp³-hybridized carbons (Fsp3) is 0.357. The number of nitriles is 1. The third-order valence-corrected chi connectivity index (χ3v) is 3.29. The van der Waals surface area contributed by atoms with Crippen molar-refractivity contribution in [2.45, 2.75) is 32.6 Å². The van der Waals surface area contributed by atoms with Gasteiger partial charge >= 0.3 is 0 Å². The van der Waals surface area contributed by atoms with Gasteiger partial charge in [-0.15, -0.1) is 0 Å². The highest BCUT2D eigenvalue weighted by atomic mass is 16.6. The first-order valence-electron chi connectivity index (χ1n) is 6.02. The number of nitrogens with zero attached hydrogens (tertiary/aromatic N) is 2. The number of rotatable bonds is 2. The van der Waals surface area contributed by atoms with Crippen molar-refractivity contribution < 1.29 is 4.92 Å². The van der Waals surface area contributed by atoms with E-state index in [-0.39, 0.29) is 5.69 Å². The minimum Gasteiger partial charge on any atom is -0.258 e. The van der Waals surface area contributed by atoms with Crippen LogP contribution in [0.3, 0.4) is 0 Å². The van der Waals surface area contributed by atoms with E-state index < -0.39 is 4.92 Å². The zero-order valence-electron chi connectivity index (χ0n) is 10.3. The van der Waals surface area contributed by atoms with Crippen LogP contribution in [0.1, 0.15) is 42.4 Å². The minimum atomic E-state index is -0.435. The second-order valence-electron chi connectivity index (χ2n) is 4.53. The lowest BCUT2D eigenvalue weighted by atomic mass is 9.89. The zero-order chi connectivity index (χ0) is 13.1. The molecule has 0 amide bonds. The minimum absolute atomic E-state index is 0.0201. The number of aryl methyl sites for hydroxylation is 1. The molecule has 2 rings (SSSR count). The normalized spacial score (nSPS) is 14.8. The Morgan fingerprint density at radius 1 is 1.39 bits per heavy atom. The number of benzene rings is 1. The molecule has 0 spiro atoms. The quantitative estimate of drug-likeness (QED) is 0.586. The fourth-order valence-corrected chi connectivity index (χ4v) is 2.33. The molecule has 0 saturated carbocycles. The lowest BCUT2D eigenvalue weighted by Gasteiger charge is -2.14. The molecule has 18 heavy (non-hydrogen) atoms. The van der Waals surface area contributed by atoms with Crippen LogP contribution in [0.25, 0.3) is 5.57 Å². The smallest absolute Gasteiger partial charge is 0.258 e. The van der Waals surface area contributed by atoms with Gasteiger partial charge in [-0.3, -0.25) is 10.1 Å². The second-order valence-corrected chi connectivity index (χ2v) is 4.53. The van der Waals surface area contributed by atoms with E-state index in [9.17, 15) is 10.1 Å². The zero-order valence-corrected chi connectivity index (χ0v) is 10.3. The summed E-state index contributed by atoms with van der Waals surface area (Å²) in [7, 11) is 0. The van der Waals surface area contributed by atoms with Crippen LogP contribution in [0.5, 0.6) is 0 Å². The van der Waals surface area contributed by atoms with Gasteiger partial charge < -0.3 is 0 Å². The molecule has 1 aromatic carbocycles. The van der Waals surface area contributed by atoms with Gasteiger partial charge in [-0.25, -0.2) is 0 Å². The molecule has 0 unspecified atom stereocenters. The summed E-state index contributed by atoms with van der Waals surface area (Å²) in [6, 6.07) is 5.23. The van der Waals surface area contributed by atoms with Crippen LogP contribution in [0.2, 0.25) is 0 Å². The topological polar surface area (TPSA) is 66.9 Å². The predicted octanol–water partition coefficient (Wildman–Crippen LogP) is 3.73. The number of nitro benzene ring substituents is 1. The number of hydrogen-bond donors (Lipinski definition) is 0. The van der Waals surface area contributed by atoms with E-state index in [1.54, 1.807) is 13.0 Å². The molecule has 4 heteroatoms. The molecular weight excluding hydrogens is 228 g/mol. The molecule has 1 aliphatic carbocycles. The third-order valence-electron chi connectivity index (χ3n) is 3.29. The van der Waals surface area contributed by atoms with Crippen LogP contribution in [0.4, 0.5) is 5.69 Å². The Balaban J connectivity index is 2.55. The van der Waals surface area contributed by atoms with E-state index in [0.29, 0.717) is 11.1 Å². The van der Waals surface area contributed by atoms with Crippen LogP contribution in [0.15, 0.2) is 18.2 Å². The molecular formula is C14H14N2O2. The van der Waals surface area contributed by atoms with Crippen LogP contribution in [-0.2, 0) is 0 Å². The molecule has 0 atom stereocenters. The summed E-state index contributed by atoms with van der Waals surface area (Å²) >= 11 is 0. The average molecular weight is 242 g/mol. The predicted molar refractivity (Wildman–Crippen MR) is 69.0 cm³/mol. The maximum Gasteiger partial charge on any atom is 0.273 e. The van der Waals surface area contributed by atoms with Crippen molar-refractivity contribution in [1.29, 1.82) is 5.26 Å². The van der Waals surface area contributed by atoms with Gasteiger partial charge in [0.05, 0.1) is 10.5 Å². The van der Waals surface area contributed by atoms with Gasteiger partial charge in [-0.2, -0.15) is 5.26 Å². The van der Waals surface area contributed by atoms with Crippen LogP contribution in [0, 0.1) is 28.4 Å². The fourth-order valence-electron chi connectivity index (χ4n) is 2.33. The van der Waals surface area contributed by atoms with Crippen LogP contribution in [-0.4, -0.2) is 4.92 Å².